The van der Waals surface area contributed by atoms with Gasteiger partial charge in [-0.15, -0.1) is 0 Å². The molecule has 0 heterocycles. The third kappa shape index (κ3) is 2.56. The molecule has 0 aliphatic carbocycles. The second-order valence-electron chi connectivity index (χ2n) is 3.87. The van der Waals surface area contributed by atoms with E-state index in [0.717, 1.165) is 12.0 Å². The zero-order chi connectivity index (χ0) is 10.6. The average Bonchev–Trinajstić information content (AvgIpc) is 2.18. The van der Waals surface area contributed by atoms with Gasteiger partial charge < -0.3 is 10.8 Å². The summed E-state index contributed by atoms with van der Waals surface area (Å²) in [4.78, 5) is 0. The fourth-order valence-electron chi connectivity index (χ4n) is 1.55. The van der Waals surface area contributed by atoms with Crippen molar-refractivity contribution in [3.05, 3.63) is 35.4 Å². The lowest BCUT2D eigenvalue weighted by molar-refractivity contribution is 0.0503. The van der Waals surface area contributed by atoms with Gasteiger partial charge in [-0.2, -0.15) is 0 Å². The zero-order valence-electron chi connectivity index (χ0n) is 8.96. The van der Waals surface area contributed by atoms with Crippen molar-refractivity contribution >= 4 is 0 Å². The minimum Gasteiger partial charge on any atom is -0.385 e. The van der Waals surface area contributed by atoms with E-state index in [1.807, 2.05) is 19.1 Å². The molecule has 2 heteroatoms. The van der Waals surface area contributed by atoms with Crippen molar-refractivity contribution in [2.75, 3.05) is 6.54 Å². The minimum atomic E-state index is -0.792. The van der Waals surface area contributed by atoms with Crippen LogP contribution in [-0.2, 0) is 12.0 Å². The molecule has 3 N–H and O–H groups in total. The Hall–Kier alpha value is -0.860. The standard InChI is InChI=1S/C12H19NO/c1-3-10-5-4-6-11(9-10)12(2,14)7-8-13/h4-6,9,14H,3,7-8,13H2,1-2H3. The molecule has 14 heavy (non-hydrogen) atoms. The van der Waals surface area contributed by atoms with E-state index < -0.39 is 5.60 Å². The van der Waals surface area contributed by atoms with Crippen LogP contribution < -0.4 is 5.73 Å². The van der Waals surface area contributed by atoms with Crippen LogP contribution in [0.2, 0.25) is 0 Å². The largest absolute Gasteiger partial charge is 0.385 e. The van der Waals surface area contributed by atoms with Gasteiger partial charge in [-0.25, -0.2) is 0 Å². The maximum atomic E-state index is 10.1. The molecule has 0 aliphatic heterocycles. The van der Waals surface area contributed by atoms with Gasteiger partial charge in [0.15, 0.2) is 0 Å². The number of hydrogen-bond donors (Lipinski definition) is 2. The minimum absolute atomic E-state index is 0.503. The summed E-state index contributed by atoms with van der Waals surface area (Å²) < 4.78 is 0. The Labute approximate surface area is 85.8 Å². The molecule has 0 fully saturated rings. The van der Waals surface area contributed by atoms with Crippen LogP contribution in [0.15, 0.2) is 24.3 Å². The molecule has 0 spiro atoms. The van der Waals surface area contributed by atoms with E-state index in [2.05, 4.69) is 19.1 Å². The SMILES string of the molecule is CCc1cccc(C(C)(O)CCN)c1. The molecular weight excluding hydrogens is 174 g/mol. The molecule has 0 saturated heterocycles. The Balaban J connectivity index is 2.93. The predicted molar refractivity (Wildman–Crippen MR) is 59.1 cm³/mol. The molecule has 0 bridgehead atoms. The summed E-state index contributed by atoms with van der Waals surface area (Å²) in [5.74, 6) is 0. The van der Waals surface area contributed by atoms with Gasteiger partial charge in [0.2, 0.25) is 0 Å². The molecule has 0 aliphatic rings. The van der Waals surface area contributed by atoms with Crippen LogP contribution in [-0.4, -0.2) is 11.7 Å². The third-order valence-electron chi connectivity index (χ3n) is 2.59. The van der Waals surface area contributed by atoms with Gasteiger partial charge in [0.05, 0.1) is 5.60 Å². The van der Waals surface area contributed by atoms with Crippen LogP contribution >= 0.6 is 0 Å². The van der Waals surface area contributed by atoms with Gasteiger partial charge in [-0.1, -0.05) is 31.2 Å². The van der Waals surface area contributed by atoms with E-state index >= 15 is 0 Å². The van der Waals surface area contributed by atoms with Gasteiger partial charge >= 0.3 is 0 Å². The van der Waals surface area contributed by atoms with Gasteiger partial charge in [0.1, 0.15) is 0 Å². The lowest BCUT2D eigenvalue weighted by atomic mass is 9.91. The van der Waals surface area contributed by atoms with Crippen LogP contribution in [0.25, 0.3) is 0 Å². The number of hydrogen-bond acceptors (Lipinski definition) is 2. The van der Waals surface area contributed by atoms with Crippen molar-refractivity contribution in [1.82, 2.24) is 0 Å². The predicted octanol–water partition coefficient (Wildman–Crippen LogP) is 1.81. The molecule has 0 radical (unpaired) electrons. The van der Waals surface area contributed by atoms with Gasteiger partial charge in [-0.05, 0) is 37.4 Å². The summed E-state index contributed by atoms with van der Waals surface area (Å²) in [5.41, 5.74) is 6.88. The summed E-state index contributed by atoms with van der Waals surface area (Å²) >= 11 is 0. The fraction of sp³-hybridized carbons (Fsp3) is 0.500. The first-order valence-corrected chi connectivity index (χ1v) is 5.12. The van der Waals surface area contributed by atoms with Gasteiger partial charge in [0, 0.05) is 0 Å². The van der Waals surface area contributed by atoms with Crippen molar-refractivity contribution in [1.29, 1.82) is 0 Å². The van der Waals surface area contributed by atoms with Crippen molar-refractivity contribution in [3.63, 3.8) is 0 Å². The van der Waals surface area contributed by atoms with E-state index in [9.17, 15) is 5.11 Å². The highest BCUT2D eigenvalue weighted by atomic mass is 16.3. The summed E-state index contributed by atoms with van der Waals surface area (Å²) in [7, 11) is 0. The smallest absolute Gasteiger partial charge is 0.0880 e. The van der Waals surface area contributed by atoms with E-state index in [-0.39, 0.29) is 0 Å². The van der Waals surface area contributed by atoms with Crippen LogP contribution in [0.1, 0.15) is 31.4 Å². The van der Waals surface area contributed by atoms with E-state index in [1.54, 1.807) is 0 Å². The molecule has 0 saturated carbocycles. The van der Waals surface area contributed by atoms with E-state index in [0.29, 0.717) is 13.0 Å². The third-order valence-corrected chi connectivity index (χ3v) is 2.59. The first-order chi connectivity index (χ1) is 6.60. The van der Waals surface area contributed by atoms with E-state index in [4.69, 9.17) is 5.73 Å². The highest BCUT2D eigenvalue weighted by molar-refractivity contribution is 5.27. The van der Waals surface area contributed by atoms with Gasteiger partial charge in [0.25, 0.3) is 0 Å². The first kappa shape index (κ1) is 11.2. The number of rotatable bonds is 4. The highest BCUT2D eigenvalue weighted by Crippen LogP contribution is 2.24. The second kappa shape index (κ2) is 4.58. The Morgan fingerprint density at radius 3 is 2.71 bits per heavy atom. The molecular formula is C12H19NO. The number of nitrogens with two attached hydrogens (primary N) is 1. The monoisotopic (exact) mass is 193 g/mol. The van der Waals surface area contributed by atoms with Crippen LogP contribution in [0.4, 0.5) is 0 Å². The molecule has 78 valence electrons. The zero-order valence-corrected chi connectivity index (χ0v) is 8.96. The summed E-state index contributed by atoms with van der Waals surface area (Å²) in [5, 5.41) is 10.1. The average molecular weight is 193 g/mol. The van der Waals surface area contributed by atoms with Crippen molar-refractivity contribution in [2.45, 2.75) is 32.3 Å². The van der Waals surface area contributed by atoms with Gasteiger partial charge in [-0.3, -0.25) is 0 Å². The molecule has 2 nitrogen and oxygen atoms in total. The van der Waals surface area contributed by atoms with Crippen molar-refractivity contribution in [2.24, 2.45) is 5.73 Å². The quantitative estimate of drug-likeness (QED) is 0.766. The van der Waals surface area contributed by atoms with Crippen molar-refractivity contribution in [3.8, 4) is 0 Å². The molecule has 0 amide bonds. The Morgan fingerprint density at radius 2 is 2.14 bits per heavy atom. The summed E-state index contributed by atoms with van der Waals surface area (Å²) in [6, 6.07) is 8.06. The number of aliphatic hydroxyl groups is 1. The fourth-order valence-corrected chi connectivity index (χ4v) is 1.55. The number of aryl methyl sites for hydroxylation is 1. The normalized spacial score (nSPS) is 15.1. The molecule has 1 aromatic rings. The van der Waals surface area contributed by atoms with E-state index in [1.165, 1.54) is 5.56 Å². The molecule has 0 aromatic heterocycles. The molecule has 1 aromatic carbocycles. The van der Waals surface area contributed by atoms with Crippen LogP contribution in [0, 0.1) is 0 Å². The molecule has 1 atom stereocenters. The lowest BCUT2D eigenvalue weighted by Crippen LogP contribution is -2.25. The Kier molecular flexibility index (Phi) is 3.67. The maximum absolute atomic E-state index is 10.1. The number of benzene rings is 1. The van der Waals surface area contributed by atoms with Crippen LogP contribution in [0.5, 0.6) is 0 Å². The first-order valence-electron chi connectivity index (χ1n) is 5.12. The topological polar surface area (TPSA) is 46.2 Å². The Bertz CT molecular complexity index is 294. The summed E-state index contributed by atoms with van der Waals surface area (Å²) in [6.07, 6.45) is 1.59. The second-order valence-corrected chi connectivity index (χ2v) is 3.87. The van der Waals surface area contributed by atoms with Crippen molar-refractivity contribution < 1.29 is 5.11 Å². The summed E-state index contributed by atoms with van der Waals surface area (Å²) in [6.45, 7) is 4.43. The molecule has 1 rings (SSSR count). The molecule has 1 unspecified atom stereocenters. The van der Waals surface area contributed by atoms with Crippen LogP contribution in [0.3, 0.4) is 0 Å². The maximum Gasteiger partial charge on any atom is 0.0880 e. The highest BCUT2D eigenvalue weighted by Gasteiger charge is 2.21. The lowest BCUT2D eigenvalue weighted by Gasteiger charge is -2.23. The Morgan fingerprint density at radius 1 is 1.43 bits per heavy atom.